The summed E-state index contributed by atoms with van der Waals surface area (Å²) < 4.78 is 64.0. The average molecular weight is 264 g/mol. The number of halogens is 4. The number of alkyl halides is 4. The molecule has 0 heterocycles. The SMILES string of the molecule is O=P(O)(OCC(F)(F)F)C1CCCCC1F. The third-order valence-electron chi connectivity index (χ3n) is 2.48. The molecule has 0 amide bonds. The van der Waals surface area contributed by atoms with Gasteiger partial charge in [-0.25, -0.2) is 4.39 Å². The maximum Gasteiger partial charge on any atom is 0.412 e. The molecule has 1 saturated carbocycles. The molecule has 0 aromatic carbocycles. The van der Waals surface area contributed by atoms with Crippen molar-refractivity contribution in [2.24, 2.45) is 0 Å². The van der Waals surface area contributed by atoms with Gasteiger partial charge in [-0.1, -0.05) is 12.8 Å². The van der Waals surface area contributed by atoms with Gasteiger partial charge in [-0.05, 0) is 12.8 Å². The fourth-order valence-corrected chi connectivity index (χ4v) is 3.28. The van der Waals surface area contributed by atoms with Crippen molar-refractivity contribution in [1.29, 1.82) is 0 Å². The summed E-state index contributed by atoms with van der Waals surface area (Å²) >= 11 is 0. The lowest BCUT2D eigenvalue weighted by Crippen LogP contribution is -2.28. The van der Waals surface area contributed by atoms with Gasteiger partial charge in [-0.15, -0.1) is 0 Å². The fourth-order valence-electron chi connectivity index (χ4n) is 1.70. The van der Waals surface area contributed by atoms with Crippen molar-refractivity contribution in [1.82, 2.24) is 0 Å². The third-order valence-corrected chi connectivity index (χ3v) is 4.40. The van der Waals surface area contributed by atoms with Gasteiger partial charge in [0.15, 0.2) is 6.61 Å². The van der Waals surface area contributed by atoms with E-state index in [1.165, 1.54) is 0 Å². The zero-order valence-electron chi connectivity index (χ0n) is 8.41. The molecule has 8 heteroatoms. The van der Waals surface area contributed by atoms with Crippen LogP contribution in [-0.2, 0) is 9.09 Å². The van der Waals surface area contributed by atoms with Gasteiger partial charge in [0.1, 0.15) is 6.17 Å². The van der Waals surface area contributed by atoms with Crippen LogP contribution in [0.15, 0.2) is 0 Å². The largest absolute Gasteiger partial charge is 0.412 e. The molecular formula is C8H13F4O3P. The van der Waals surface area contributed by atoms with Gasteiger partial charge in [0.25, 0.3) is 0 Å². The van der Waals surface area contributed by atoms with E-state index in [1.807, 2.05) is 0 Å². The third kappa shape index (κ3) is 4.03. The Labute approximate surface area is 90.3 Å². The first kappa shape index (κ1) is 13.9. The lowest BCUT2D eigenvalue weighted by atomic mass is 9.98. The molecule has 0 saturated heterocycles. The predicted octanol–water partition coefficient (Wildman–Crippen LogP) is 3.03. The summed E-state index contributed by atoms with van der Waals surface area (Å²) in [7, 11) is -4.52. The molecule has 0 bridgehead atoms. The van der Waals surface area contributed by atoms with Crippen molar-refractivity contribution < 1.29 is 31.5 Å². The molecule has 3 nitrogen and oxygen atoms in total. The first-order chi connectivity index (χ1) is 7.22. The molecule has 0 radical (unpaired) electrons. The lowest BCUT2D eigenvalue weighted by Gasteiger charge is -2.29. The van der Waals surface area contributed by atoms with Gasteiger partial charge >= 0.3 is 13.8 Å². The molecule has 0 aliphatic heterocycles. The van der Waals surface area contributed by atoms with Crippen LogP contribution < -0.4 is 0 Å². The molecule has 1 aliphatic carbocycles. The van der Waals surface area contributed by atoms with Gasteiger partial charge < -0.3 is 4.89 Å². The van der Waals surface area contributed by atoms with E-state index >= 15 is 0 Å². The van der Waals surface area contributed by atoms with Crippen LogP contribution in [0.2, 0.25) is 0 Å². The highest BCUT2D eigenvalue weighted by Crippen LogP contribution is 2.54. The summed E-state index contributed by atoms with van der Waals surface area (Å²) in [4.78, 5) is 9.27. The first-order valence-electron chi connectivity index (χ1n) is 4.90. The highest BCUT2D eigenvalue weighted by atomic mass is 31.2. The van der Waals surface area contributed by atoms with Gasteiger partial charge in [0.2, 0.25) is 0 Å². The second-order valence-electron chi connectivity index (χ2n) is 3.82. The van der Waals surface area contributed by atoms with Crippen LogP contribution in [0.25, 0.3) is 0 Å². The Hall–Kier alpha value is -0.130. The zero-order valence-corrected chi connectivity index (χ0v) is 9.31. The van der Waals surface area contributed by atoms with Crippen LogP contribution in [0.1, 0.15) is 25.7 Å². The Bertz CT molecular complexity index is 281. The molecule has 1 fully saturated rings. The number of rotatable bonds is 3. The van der Waals surface area contributed by atoms with Crippen molar-refractivity contribution in [3.8, 4) is 0 Å². The number of hydrogen-bond donors (Lipinski definition) is 1. The summed E-state index contributed by atoms with van der Waals surface area (Å²) in [6, 6.07) is 0. The monoisotopic (exact) mass is 264 g/mol. The molecule has 1 rings (SSSR count). The zero-order chi connectivity index (χ0) is 12.4. The minimum atomic E-state index is -4.68. The smallest absolute Gasteiger partial charge is 0.324 e. The standard InChI is InChI=1S/C8H13F4O3P/c9-6-3-1-2-4-7(6)16(13,14)15-5-8(10,11)12/h6-7H,1-5H2,(H,13,14). The van der Waals surface area contributed by atoms with E-state index in [2.05, 4.69) is 4.52 Å². The van der Waals surface area contributed by atoms with Crippen molar-refractivity contribution in [2.45, 2.75) is 43.7 Å². The number of hydrogen-bond acceptors (Lipinski definition) is 2. The molecule has 0 aromatic rings. The minimum Gasteiger partial charge on any atom is -0.324 e. The first-order valence-corrected chi connectivity index (χ1v) is 6.55. The molecular weight excluding hydrogens is 251 g/mol. The fraction of sp³-hybridized carbons (Fsp3) is 1.00. The Kier molecular flexibility index (Phi) is 4.37. The highest BCUT2D eigenvalue weighted by molar-refractivity contribution is 7.53. The predicted molar refractivity (Wildman–Crippen MR) is 49.0 cm³/mol. The van der Waals surface area contributed by atoms with Crippen molar-refractivity contribution in [3.05, 3.63) is 0 Å². The highest BCUT2D eigenvalue weighted by Gasteiger charge is 2.43. The van der Waals surface area contributed by atoms with E-state index < -0.39 is 32.2 Å². The van der Waals surface area contributed by atoms with E-state index in [0.717, 1.165) is 0 Å². The van der Waals surface area contributed by atoms with E-state index in [4.69, 9.17) is 0 Å². The summed E-state index contributed by atoms with van der Waals surface area (Å²) in [5.74, 6) is 0. The molecule has 1 N–H and O–H groups in total. The van der Waals surface area contributed by atoms with Crippen LogP contribution in [0, 0.1) is 0 Å². The maximum atomic E-state index is 13.3. The van der Waals surface area contributed by atoms with Crippen molar-refractivity contribution in [3.63, 3.8) is 0 Å². The topological polar surface area (TPSA) is 46.5 Å². The molecule has 3 atom stereocenters. The quantitative estimate of drug-likeness (QED) is 0.629. The van der Waals surface area contributed by atoms with Crippen LogP contribution in [-0.4, -0.2) is 29.5 Å². The lowest BCUT2D eigenvalue weighted by molar-refractivity contribution is -0.155. The van der Waals surface area contributed by atoms with Crippen LogP contribution in [0.5, 0.6) is 0 Å². The van der Waals surface area contributed by atoms with Crippen molar-refractivity contribution in [2.75, 3.05) is 6.61 Å². The summed E-state index contributed by atoms with van der Waals surface area (Å²) in [5.41, 5.74) is -1.32. The van der Waals surface area contributed by atoms with Crippen LogP contribution >= 0.6 is 7.60 Å². The minimum absolute atomic E-state index is 0.0901. The average Bonchev–Trinajstić information content (AvgIpc) is 2.14. The molecule has 96 valence electrons. The normalized spacial score (nSPS) is 31.1. The van der Waals surface area contributed by atoms with Gasteiger partial charge in [-0.2, -0.15) is 13.2 Å². The maximum absolute atomic E-state index is 13.3. The Morgan fingerprint density at radius 3 is 2.38 bits per heavy atom. The van der Waals surface area contributed by atoms with E-state index in [0.29, 0.717) is 12.8 Å². The Morgan fingerprint density at radius 1 is 1.31 bits per heavy atom. The second kappa shape index (κ2) is 5.02. The van der Waals surface area contributed by atoms with Crippen molar-refractivity contribution >= 4 is 7.60 Å². The van der Waals surface area contributed by atoms with Gasteiger partial charge in [0, 0.05) is 0 Å². The van der Waals surface area contributed by atoms with Crippen LogP contribution in [0.4, 0.5) is 17.6 Å². The molecule has 1 aliphatic rings. The van der Waals surface area contributed by atoms with Gasteiger partial charge in [0.05, 0.1) is 5.66 Å². The summed E-state index contributed by atoms with van der Waals surface area (Å²) in [5, 5.41) is 0. The van der Waals surface area contributed by atoms with E-state index in [1.54, 1.807) is 0 Å². The summed E-state index contributed by atoms with van der Waals surface area (Å²) in [6.45, 7) is -1.82. The van der Waals surface area contributed by atoms with Crippen LogP contribution in [0.3, 0.4) is 0 Å². The molecule has 3 unspecified atom stereocenters. The molecule has 0 spiro atoms. The van der Waals surface area contributed by atoms with Gasteiger partial charge in [-0.3, -0.25) is 9.09 Å². The molecule has 0 aromatic heterocycles. The van der Waals surface area contributed by atoms with E-state index in [9.17, 15) is 27.0 Å². The Morgan fingerprint density at radius 2 is 1.88 bits per heavy atom. The van der Waals surface area contributed by atoms with E-state index in [-0.39, 0.29) is 12.8 Å². The second-order valence-corrected chi connectivity index (χ2v) is 5.87. The Balaban J connectivity index is 2.58. The summed E-state index contributed by atoms with van der Waals surface area (Å²) in [6.07, 6.45) is -4.93. The molecule has 16 heavy (non-hydrogen) atoms.